The molecule has 0 spiro atoms. The highest BCUT2D eigenvalue weighted by Gasteiger charge is 2.43. The first-order valence-electron chi connectivity index (χ1n) is 7.43. The van der Waals surface area contributed by atoms with Gasteiger partial charge in [0.1, 0.15) is 0 Å². The van der Waals surface area contributed by atoms with Crippen LogP contribution in [0.1, 0.15) is 10.4 Å². The predicted molar refractivity (Wildman–Crippen MR) is 93.8 cm³/mol. The standard InChI is InChI=1S/C17H15ClN2O2S/c18-12-7-5-11(6-8-12)17(21)20-15-4-2-1-3-13(15)19-14-9-23(22)10-16(14)20/h1-8,14,16,19H,9-10H2/t14-,16+,23?/m1/s1. The maximum atomic E-state index is 13.1. The van der Waals surface area contributed by atoms with Gasteiger partial charge in [-0.25, -0.2) is 0 Å². The summed E-state index contributed by atoms with van der Waals surface area (Å²) in [6.07, 6.45) is 0. The normalized spacial score (nSPS) is 25.4. The average molecular weight is 347 g/mol. The first-order valence-corrected chi connectivity index (χ1v) is 9.30. The number of rotatable bonds is 1. The molecule has 3 atom stereocenters. The monoisotopic (exact) mass is 346 g/mol. The highest BCUT2D eigenvalue weighted by atomic mass is 35.5. The van der Waals surface area contributed by atoms with Crippen molar-refractivity contribution in [2.75, 3.05) is 21.7 Å². The molecule has 2 aromatic rings. The summed E-state index contributed by atoms with van der Waals surface area (Å²) in [6.45, 7) is 0. The molecule has 4 nitrogen and oxygen atoms in total. The van der Waals surface area contributed by atoms with Gasteiger partial charge in [0.05, 0.1) is 23.5 Å². The molecule has 1 saturated heterocycles. The first kappa shape index (κ1) is 14.7. The second-order valence-corrected chi connectivity index (χ2v) is 7.77. The zero-order valence-corrected chi connectivity index (χ0v) is 13.8. The van der Waals surface area contributed by atoms with E-state index < -0.39 is 10.8 Å². The van der Waals surface area contributed by atoms with Crippen molar-refractivity contribution in [1.29, 1.82) is 0 Å². The Labute approximate surface area is 141 Å². The number of nitrogens with zero attached hydrogens (tertiary/aromatic N) is 1. The van der Waals surface area contributed by atoms with E-state index in [1.807, 2.05) is 24.3 Å². The number of hydrogen-bond acceptors (Lipinski definition) is 3. The lowest BCUT2D eigenvalue weighted by Crippen LogP contribution is -2.52. The van der Waals surface area contributed by atoms with Crippen molar-refractivity contribution < 1.29 is 9.00 Å². The van der Waals surface area contributed by atoms with E-state index in [1.54, 1.807) is 29.2 Å². The molecule has 1 unspecified atom stereocenters. The van der Waals surface area contributed by atoms with Crippen LogP contribution in [-0.2, 0) is 10.8 Å². The fourth-order valence-corrected chi connectivity index (χ4v) is 4.98. The van der Waals surface area contributed by atoms with Crippen molar-refractivity contribution in [1.82, 2.24) is 0 Å². The molecule has 2 aliphatic heterocycles. The molecular weight excluding hydrogens is 332 g/mol. The quantitative estimate of drug-likeness (QED) is 0.863. The Bertz CT molecular complexity index is 793. The largest absolute Gasteiger partial charge is 0.378 e. The van der Waals surface area contributed by atoms with Gasteiger partial charge >= 0.3 is 0 Å². The van der Waals surface area contributed by atoms with Crippen LogP contribution in [-0.4, -0.2) is 33.7 Å². The minimum atomic E-state index is -0.906. The van der Waals surface area contributed by atoms with E-state index in [2.05, 4.69) is 5.32 Å². The van der Waals surface area contributed by atoms with Crippen LogP contribution in [0.2, 0.25) is 5.02 Å². The smallest absolute Gasteiger partial charge is 0.258 e. The van der Waals surface area contributed by atoms with Crippen molar-refractivity contribution in [3.63, 3.8) is 0 Å². The summed E-state index contributed by atoms with van der Waals surface area (Å²) in [5.74, 6) is 0.999. The Kier molecular flexibility index (Phi) is 3.62. The van der Waals surface area contributed by atoms with Crippen molar-refractivity contribution >= 4 is 39.7 Å². The third kappa shape index (κ3) is 2.54. The number of hydrogen-bond donors (Lipinski definition) is 1. The van der Waals surface area contributed by atoms with Crippen molar-refractivity contribution in [2.45, 2.75) is 12.1 Å². The summed E-state index contributed by atoms with van der Waals surface area (Å²) >= 11 is 5.92. The molecule has 6 heteroatoms. The Hall–Kier alpha value is -1.85. The third-order valence-electron chi connectivity index (χ3n) is 4.33. The number of nitrogens with one attached hydrogen (secondary N) is 1. The number of amides is 1. The molecule has 0 aromatic heterocycles. The average Bonchev–Trinajstić information content (AvgIpc) is 2.92. The molecule has 0 saturated carbocycles. The number of halogens is 1. The molecule has 0 bridgehead atoms. The van der Waals surface area contributed by atoms with Gasteiger partial charge in [-0.1, -0.05) is 23.7 Å². The van der Waals surface area contributed by atoms with Gasteiger partial charge in [0.2, 0.25) is 0 Å². The van der Waals surface area contributed by atoms with Crippen LogP contribution in [0.15, 0.2) is 48.5 Å². The van der Waals surface area contributed by atoms with Crippen LogP contribution >= 0.6 is 11.6 Å². The summed E-state index contributed by atoms with van der Waals surface area (Å²) in [7, 11) is -0.906. The molecule has 23 heavy (non-hydrogen) atoms. The van der Waals surface area contributed by atoms with E-state index in [1.165, 1.54) is 0 Å². The summed E-state index contributed by atoms with van der Waals surface area (Å²) < 4.78 is 12.0. The van der Waals surface area contributed by atoms with Gasteiger partial charge in [-0.05, 0) is 36.4 Å². The van der Waals surface area contributed by atoms with Crippen molar-refractivity contribution in [2.24, 2.45) is 0 Å². The zero-order chi connectivity index (χ0) is 16.0. The lowest BCUT2D eigenvalue weighted by atomic mass is 10.0. The van der Waals surface area contributed by atoms with E-state index in [0.29, 0.717) is 22.1 Å². The van der Waals surface area contributed by atoms with Gasteiger partial charge in [0, 0.05) is 32.9 Å². The van der Waals surface area contributed by atoms with Crippen LogP contribution in [0.25, 0.3) is 0 Å². The molecule has 2 aromatic carbocycles. The van der Waals surface area contributed by atoms with Crippen LogP contribution in [0.5, 0.6) is 0 Å². The lowest BCUT2D eigenvalue weighted by Gasteiger charge is -2.39. The molecule has 4 rings (SSSR count). The molecule has 0 aliphatic carbocycles. The maximum absolute atomic E-state index is 13.1. The SMILES string of the molecule is O=C(c1ccc(Cl)cc1)N1c2ccccc2N[C@@H]2CS(=O)C[C@@H]21. The van der Waals surface area contributed by atoms with E-state index in [0.717, 1.165) is 11.4 Å². The van der Waals surface area contributed by atoms with Crippen LogP contribution in [0.3, 0.4) is 0 Å². The Morgan fingerprint density at radius 3 is 2.65 bits per heavy atom. The Morgan fingerprint density at radius 2 is 1.87 bits per heavy atom. The number of fused-ring (bicyclic) bond motifs is 2. The van der Waals surface area contributed by atoms with Crippen LogP contribution in [0.4, 0.5) is 11.4 Å². The Balaban J connectivity index is 1.79. The zero-order valence-electron chi connectivity index (χ0n) is 12.2. The highest BCUT2D eigenvalue weighted by molar-refractivity contribution is 7.85. The summed E-state index contributed by atoms with van der Waals surface area (Å²) in [5, 5.41) is 4.03. The van der Waals surface area contributed by atoms with Crippen molar-refractivity contribution in [3.05, 3.63) is 59.1 Å². The summed E-state index contributed by atoms with van der Waals surface area (Å²) in [5.41, 5.74) is 2.34. The summed E-state index contributed by atoms with van der Waals surface area (Å²) in [4.78, 5) is 14.9. The molecule has 2 heterocycles. The minimum Gasteiger partial charge on any atom is -0.378 e. The van der Waals surface area contributed by atoms with Crippen molar-refractivity contribution in [3.8, 4) is 0 Å². The van der Waals surface area contributed by atoms with Gasteiger partial charge in [0.15, 0.2) is 0 Å². The van der Waals surface area contributed by atoms with E-state index in [9.17, 15) is 9.00 Å². The third-order valence-corrected chi connectivity index (χ3v) is 6.03. The van der Waals surface area contributed by atoms with Crippen LogP contribution < -0.4 is 10.2 Å². The van der Waals surface area contributed by atoms with Gasteiger partial charge in [0.25, 0.3) is 5.91 Å². The molecule has 1 N–H and O–H groups in total. The molecule has 118 valence electrons. The van der Waals surface area contributed by atoms with Crippen LogP contribution in [0, 0.1) is 0 Å². The van der Waals surface area contributed by atoms with E-state index >= 15 is 0 Å². The maximum Gasteiger partial charge on any atom is 0.258 e. The molecule has 1 fully saturated rings. The Morgan fingerprint density at radius 1 is 1.13 bits per heavy atom. The van der Waals surface area contributed by atoms with Gasteiger partial charge in [-0.15, -0.1) is 0 Å². The predicted octanol–water partition coefficient (Wildman–Crippen LogP) is 2.91. The number of anilines is 2. The van der Waals surface area contributed by atoms with E-state index in [4.69, 9.17) is 11.6 Å². The summed E-state index contributed by atoms with van der Waals surface area (Å²) in [6, 6.07) is 14.6. The first-order chi connectivity index (χ1) is 11.1. The van der Waals surface area contributed by atoms with Gasteiger partial charge in [-0.3, -0.25) is 9.00 Å². The van der Waals surface area contributed by atoms with Gasteiger partial charge in [-0.2, -0.15) is 0 Å². The fourth-order valence-electron chi connectivity index (χ4n) is 3.25. The topological polar surface area (TPSA) is 49.4 Å². The second-order valence-electron chi connectivity index (χ2n) is 5.79. The molecule has 0 radical (unpaired) electrons. The highest BCUT2D eigenvalue weighted by Crippen LogP contribution is 2.37. The lowest BCUT2D eigenvalue weighted by molar-refractivity contribution is 0.0976. The fraction of sp³-hybridized carbons (Fsp3) is 0.235. The number of carbonyl (C=O) groups is 1. The number of carbonyl (C=O) groups excluding carboxylic acids is 1. The number of benzene rings is 2. The van der Waals surface area contributed by atoms with Gasteiger partial charge < -0.3 is 10.2 Å². The number of para-hydroxylation sites is 2. The molecule has 2 aliphatic rings. The van der Waals surface area contributed by atoms with E-state index in [-0.39, 0.29) is 18.0 Å². The second kappa shape index (κ2) is 5.65. The minimum absolute atomic E-state index is 0.0296. The molecule has 1 amide bonds. The molecular formula is C17H15ClN2O2S.